The Morgan fingerprint density at radius 3 is 2.56 bits per heavy atom. The van der Waals surface area contributed by atoms with Crippen LogP contribution in [0.5, 0.6) is 0 Å². The van der Waals surface area contributed by atoms with E-state index >= 15 is 0 Å². The Hall–Kier alpha value is -0.0600. The Balaban J connectivity index is 0.00000225. The Morgan fingerprint density at radius 1 is 1.38 bits per heavy atom. The Morgan fingerprint density at radius 2 is 2.00 bits per heavy atom. The minimum absolute atomic E-state index is 0. The molecule has 3 N–H and O–H groups in total. The topological polar surface area (TPSA) is 46.2 Å². The molecule has 0 spiro atoms. The fourth-order valence-corrected chi connectivity index (χ4v) is 1.80. The van der Waals surface area contributed by atoms with Gasteiger partial charge in [-0.3, -0.25) is 0 Å². The van der Waals surface area contributed by atoms with Crippen LogP contribution in [0.15, 0.2) is 12.1 Å². The molecule has 1 aromatic rings. The SMILES string of the molecule is Cl.N[C@H](CCCO)c1c(F)ccc(Cl)c1Cl. The van der Waals surface area contributed by atoms with Crippen LogP contribution >= 0.6 is 35.6 Å². The molecule has 1 rings (SSSR count). The molecule has 0 fully saturated rings. The Labute approximate surface area is 110 Å². The van der Waals surface area contributed by atoms with Crippen molar-refractivity contribution in [1.82, 2.24) is 0 Å². The number of aliphatic hydroxyl groups excluding tert-OH is 1. The van der Waals surface area contributed by atoms with Gasteiger partial charge < -0.3 is 10.8 Å². The van der Waals surface area contributed by atoms with Crippen molar-refractivity contribution in [2.24, 2.45) is 5.73 Å². The molecule has 0 bridgehead atoms. The van der Waals surface area contributed by atoms with Gasteiger partial charge in [-0.25, -0.2) is 4.39 Å². The molecule has 0 heterocycles. The molecule has 0 unspecified atom stereocenters. The quantitative estimate of drug-likeness (QED) is 0.835. The maximum absolute atomic E-state index is 13.4. The normalized spacial score (nSPS) is 12.1. The van der Waals surface area contributed by atoms with E-state index in [0.29, 0.717) is 12.8 Å². The largest absolute Gasteiger partial charge is 0.396 e. The third kappa shape index (κ3) is 3.75. The number of halogens is 4. The highest BCUT2D eigenvalue weighted by molar-refractivity contribution is 6.42. The molecule has 0 aliphatic heterocycles. The van der Waals surface area contributed by atoms with Gasteiger partial charge in [0.05, 0.1) is 10.0 Å². The van der Waals surface area contributed by atoms with E-state index in [1.54, 1.807) is 0 Å². The van der Waals surface area contributed by atoms with Crippen molar-refractivity contribution in [3.05, 3.63) is 33.6 Å². The lowest BCUT2D eigenvalue weighted by Crippen LogP contribution is -2.13. The number of hydrogen-bond acceptors (Lipinski definition) is 2. The molecule has 0 aliphatic rings. The Kier molecular flexibility index (Phi) is 7.27. The van der Waals surface area contributed by atoms with Gasteiger partial charge in [-0.15, -0.1) is 12.4 Å². The zero-order valence-corrected chi connectivity index (χ0v) is 10.7. The summed E-state index contributed by atoms with van der Waals surface area (Å²) in [5, 5.41) is 9.09. The van der Waals surface area contributed by atoms with Gasteiger partial charge >= 0.3 is 0 Å². The number of aliphatic hydroxyl groups is 1. The average molecular weight is 289 g/mol. The van der Waals surface area contributed by atoms with E-state index in [0.717, 1.165) is 0 Å². The summed E-state index contributed by atoms with van der Waals surface area (Å²) in [4.78, 5) is 0. The van der Waals surface area contributed by atoms with Crippen molar-refractivity contribution in [2.75, 3.05) is 6.61 Å². The lowest BCUT2D eigenvalue weighted by molar-refractivity contribution is 0.279. The van der Waals surface area contributed by atoms with Crippen molar-refractivity contribution < 1.29 is 9.50 Å². The summed E-state index contributed by atoms with van der Waals surface area (Å²) in [6.07, 6.45) is 0.969. The number of rotatable bonds is 4. The van der Waals surface area contributed by atoms with Crippen LogP contribution in [-0.4, -0.2) is 11.7 Å². The molecule has 0 saturated carbocycles. The van der Waals surface area contributed by atoms with E-state index in [1.165, 1.54) is 12.1 Å². The first kappa shape index (κ1) is 15.9. The molecular formula is C10H13Cl3FNO. The smallest absolute Gasteiger partial charge is 0.129 e. The maximum Gasteiger partial charge on any atom is 0.129 e. The van der Waals surface area contributed by atoms with Crippen LogP contribution in [0.4, 0.5) is 4.39 Å². The molecule has 0 radical (unpaired) electrons. The first-order valence-corrected chi connectivity index (χ1v) is 5.33. The number of hydrogen-bond donors (Lipinski definition) is 2. The molecule has 0 saturated heterocycles. The van der Waals surface area contributed by atoms with E-state index in [9.17, 15) is 4.39 Å². The van der Waals surface area contributed by atoms with E-state index in [-0.39, 0.29) is 34.6 Å². The summed E-state index contributed by atoms with van der Waals surface area (Å²) in [5.74, 6) is -0.463. The molecule has 92 valence electrons. The van der Waals surface area contributed by atoms with E-state index in [4.69, 9.17) is 34.0 Å². The summed E-state index contributed by atoms with van der Waals surface area (Å²) >= 11 is 11.6. The second-order valence-electron chi connectivity index (χ2n) is 3.23. The minimum atomic E-state index is -0.539. The highest BCUT2D eigenvalue weighted by Crippen LogP contribution is 2.32. The molecule has 2 nitrogen and oxygen atoms in total. The van der Waals surface area contributed by atoms with Gasteiger partial charge in [0.15, 0.2) is 0 Å². The summed E-state index contributed by atoms with van der Waals surface area (Å²) in [7, 11) is 0. The average Bonchev–Trinajstić information content (AvgIpc) is 2.21. The van der Waals surface area contributed by atoms with Crippen molar-refractivity contribution >= 4 is 35.6 Å². The molecule has 0 amide bonds. The predicted molar refractivity (Wildman–Crippen MR) is 66.9 cm³/mol. The van der Waals surface area contributed by atoms with E-state index in [1.807, 2.05) is 0 Å². The van der Waals surface area contributed by atoms with Gasteiger partial charge in [0, 0.05) is 18.2 Å². The highest BCUT2D eigenvalue weighted by atomic mass is 35.5. The van der Waals surface area contributed by atoms with Crippen LogP contribution in [0.2, 0.25) is 10.0 Å². The van der Waals surface area contributed by atoms with Crippen molar-refractivity contribution in [1.29, 1.82) is 0 Å². The van der Waals surface area contributed by atoms with Gasteiger partial charge in [0.2, 0.25) is 0 Å². The first-order chi connectivity index (χ1) is 7.07. The second kappa shape index (κ2) is 7.30. The molecule has 0 aromatic heterocycles. The monoisotopic (exact) mass is 287 g/mol. The molecule has 0 aliphatic carbocycles. The number of nitrogens with two attached hydrogens (primary N) is 1. The van der Waals surface area contributed by atoms with Crippen LogP contribution in [-0.2, 0) is 0 Å². The highest BCUT2D eigenvalue weighted by Gasteiger charge is 2.17. The summed E-state index contributed by atoms with van der Waals surface area (Å²) in [6, 6.07) is 2.09. The van der Waals surface area contributed by atoms with Crippen molar-refractivity contribution in [2.45, 2.75) is 18.9 Å². The summed E-state index contributed by atoms with van der Waals surface area (Å²) < 4.78 is 13.4. The molecule has 6 heteroatoms. The lowest BCUT2D eigenvalue weighted by Gasteiger charge is -2.14. The van der Waals surface area contributed by atoms with Crippen molar-refractivity contribution in [3.63, 3.8) is 0 Å². The van der Waals surface area contributed by atoms with Gasteiger partial charge in [-0.1, -0.05) is 23.2 Å². The fourth-order valence-electron chi connectivity index (χ4n) is 1.34. The molecule has 16 heavy (non-hydrogen) atoms. The zero-order valence-electron chi connectivity index (χ0n) is 8.42. The number of benzene rings is 1. The van der Waals surface area contributed by atoms with E-state index in [2.05, 4.69) is 0 Å². The van der Waals surface area contributed by atoms with Crippen LogP contribution in [0, 0.1) is 5.82 Å². The van der Waals surface area contributed by atoms with Crippen LogP contribution < -0.4 is 5.73 Å². The third-order valence-electron chi connectivity index (χ3n) is 2.12. The van der Waals surface area contributed by atoms with Crippen LogP contribution in [0.1, 0.15) is 24.4 Å². The molecule has 1 aromatic carbocycles. The molecular weight excluding hydrogens is 275 g/mol. The predicted octanol–water partition coefficient (Wildman–Crippen LogP) is 3.33. The third-order valence-corrected chi connectivity index (χ3v) is 2.94. The minimum Gasteiger partial charge on any atom is -0.396 e. The van der Waals surface area contributed by atoms with Gasteiger partial charge in [-0.05, 0) is 25.0 Å². The van der Waals surface area contributed by atoms with Gasteiger partial charge in [-0.2, -0.15) is 0 Å². The summed E-state index contributed by atoms with van der Waals surface area (Å²) in [6.45, 7) is 0.0213. The first-order valence-electron chi connectivity index (χ1n) is 4.57. The molecule has 1 atom stereocenters. The van der Waals surface area contributed by atoms with E-state index < -0.39 is 11.9 Å². The zero-order chi connectivity index (χ0) is 11.4. The maximum atomic E-state index is 13.4. The van der Waals surface area contributed by atoms with Crippen LogP contribution in [0.3, 0.4) is 0 Å². The summed E-state index contributed by atoms with van der Waals surface area (Å²) in [5.41, 5.74) is 5.98. The van der Waals surface area contributed by atoms with Gasteiger partial charge in [0.25, 0.3) is 0 Å². The fraction of sp³-hybridized carbons (Fsp3) is 0.400. The second-order valence-corrected chi connectivity index (χ2v) is 4.01. The van der Waals surface area contributed by atoms with Gasteiger partial charge in [0.1, 0.15) is 5.82 Å². The standard InChI is InChI=1S/C10H12Cl2FNO.ClH/c11-6-3-4-7(13)9(10(6)12)8(14)2-1-5-15;/h3-4,8,15H,1-2,5,14H2;1H/t8-;/m1./s1. The van der Waals surface area contributed by atoms with Crippen LogP contribution in [0.25, 0.3) is 0 Å². The lowest BCUT2D eigenvalue weighted by atomic mass is 10.0. The van der Waals surface area contributed by atoms with Crippen molar-refractivity contribution in [3.8, 4) is 0 Å². The Bertz CT molecular complexity index is 349.